The number of amides is 2. The van der Waals surface area contributed by atoms with E-state index in [2.05, 4.69) is 5.32 Å². The predicted molar refractivity (Wildman–Crippen MR) is 57.9 cm³/mol. The van der Waals surface area contributed by atoms with E-state index in [0.29, 0.717) is 19.7 Å². The van der Waals surface area contributed by atoms with Crippen molar-refractivity contribution in [3.8, 4) is 0 Å². The summed E-state index contributed by atoms with van der Waals surface area (Å²) in [6.07, 6.45) is -0.939. The molecule has 7 nitrogen and oxygen atoms in total. The highest BCUT2D eigenvalue weighted by molar-refractivity contribution is 5.98. The van der Waals surface area contributed by atoms with Crippen molar-refractivity contribution in [2.75, 3.05) is 26.3 Å². The number of rotatable bonds is 2. The molecule has 96 valence electrons. The molecular weight excluding hydrogens is 226 g/mol. The maximum Gasteiger partial charge on any atom is 0.250 e. The van der Waals surface area contributed by atoms with Gasteiger partial charge in [-0.25, -0.2) is 0 Å². The van der Waals surface area contributed by atoms with E-state index in [1.807, 2.05) is 0 Å². The summed E-state index contributed by atoms with van der Waals surface area (Å²) in [6, 6.07) is -1.00. The molecule has 2 rings (SSSR count). The van der Waals surface area contributed by atoms with E-state index in [-0.39, 0.29) is 12.5 Å². The summed E-state index contributed by atoms with van der Waals surface area (Å²) in [4.78, 5) is 25.2. The lowest BCUT2D eigenvalue weighted by Gasteiger charge is -2.51. The fourth-order valence-electron chi connectivity index (χ4n) is 2.10. The molecule has 0 aromatic carbocycles. The van der Waals surface area contributed by atoms with E-state index in [1.165, 1.54) is 11.8 Å². The van der Waals surface area contributed by atoms with Crippen LogP contribution in [-0.4, -0.2) is 65.8 Å². The fourth-order valence-corrected chi connectivity index (χ4v) is 2.10. The maximum absolute atomic E-state index is 12.1. The zero-order valence-electron chi connectivity index (χ0n) is 9.68. The minimum absolute atomic E-state index is 0.192. The minimum Gasteiger partial charge on any atom is -0.391 e. The van der Waals surface area contributed by atoms with Crippen molar-refractivity contribution in [2.45, 2.75) is 24.6 Å². The average molecular weight is 243 g/mol. The van der Waals surface area contributed by atoms with Crippen LogP contribution in [0.1, 0.15) is 6.92 Å². The number of nitrogens with zero attached hydrogens (tertiary/aromatic N) is 1. The molecule has 4 N–H and O–H groups in total. The number of aliphatic hydroxyl groups is 1. The van der Waals surface area contributed by atoms with Crippen molar-refractivity contribution in [3.63, 3.8) is 0 Å². The first-order valence-corrected chi connectivity index (χ1v) is 5.60. The summed E-state index contributed by atoms with van der Waals surface area (Å²) in [7, 11) is 0. The van der Waals surface area contributed by atoms with Gasteiger partial charge in [-0.3, -0.25) is 9.59 Å². The quantitative estimate of drug-likeness (QED) is 0.462. The molecule has 2 aliphatic rings. The van der Waals surface area contributed by atoms with Crippen molar-refractivity contribution >= 4 is 11.8 Å². The Balaban J connectivity index is 2.17. The fraction of sp³-hybridized carbons (Fsp3) is 0.800. The van der Waals surface area contributed by atoms with E-state index in [1.54, 1.807) is 0 Å². The molecule has 2 heterocycles. The highest BCUT2D eigenvalue weighted by atomic mass is 16.5. The van der Waals surface area contributed by atoms with E-state index in [4.69, 9.17) is 10.5 Å². The highest BCUT2D eigenvalue weighted by Gasteiger charge is 2.55. The second-order valence-electron chi connectivity index (χ2n) is 4.52. The Bertz CT molecular complexity index is 346. The first kappa shape index (κ1) is 12.3. The molecule has 2 fully saturated rings. The third kappa shape index (κ3) is 1.80. The first-order valence-electron chi connectivity index (χ1n) is 5.60. The van der Waals surface area contributed by atoms with Gasteiger partial charge in [0.25, 0.3) is 0 Å². The summed E-state index contributed by atoms with van der Waals surface area (Å²) in [6.45, 7) is 2.73. The standard InChI is InChI=1S/C10H17N3O4/c1-6(14)7(11)8(15)13-2-3-17-5-10(13)4-12-9(10)16/h6-7,14H,2-5,11H2,1H3,(H,12,16)/t6-,7+,10?/m1/s1. The van der Waals surface area contributed by atoms with E-state index >= 15 is 0 Å². The van der Waals surface area contributed by atoms with Gasteiger partial charge in [-0.05, 0) is 6.92 Å². The number of morpholine rings is 1. The van der Waals surface area contributed by atoms with Gasteiger partial charge in [-0.1, -0.05) is 0 Å². The number of nitrogens with one attached hydrogen (secondary N) is 1. The summed E-state index contributed by atoms with van der Waals surface area (Å²) >= 11 is 0. The van der Waals surface area contributed by atoms with Gasteiger partial charge < -0.3 is 25.8 Å². The van der Waals surface area contributed by atoms with Gasteiger partial charge in [0.15, 0.2) is 5.54 Å². The zero-order valence-corrected chi connectivity index (χ0v) is 9.68. The molecule has 0 aromatic heterocycles. The van der Waals surface area contributed by atoms with Crippen LogP contribution in [0.15, 0.2) is 0 Å². The molecule has 7 heteroatoms. The van der Waals surface area contributed by atoms with Crippen LogP contribution in [0.5, 0.6) is 0 Å². The van der Waals surface area contributed by atoms with Crippen molar-refractivity contribution in [3.05, 3.63) is 0 Å². The van der Waals surface area contributed by atoms with Crippen LogP contribution in [-0.2, 0) is 14.3 Å². The molecule has 0 radical (unpaired) electrons. The number of hydrogen-bond acceptors (Lipinski definition) is 5. The van der Waals surface area contributed by atoms with E-state index in [0.717, 1.165) is 0 Å². The number of β-lactam (4-membered cyclic amide) rings is 1. The summed E-state index contributed by atoms with van der Waals surface area (Å²) < 4.78 is 5.26. The van der Waals surface area contributed by atoms with Crippen LogP contribution in [0.25, 0.3) is 0 Å². The van der Waals surface area contributed by atoms with Crippen LogP contribution >= 0.6 is 0 Å². The molecule has 17 heavy (non-hydrogen) atoms. The molecule has 2 aliphatic heterocycles. The number of carbonyl (C=O) groups excluding carboxylic acids is 2. The lowest BCUT2D eigenvalue weighted by molar-refractivity contribution is -0.172. The smallest absolute Gasteiger partial charge is 0.250 e. The van der Waals surface area contributed by atoms with Crippen LogP contribution in [0.4, 0.5) is 0 Å². The largest absolute Gasteiger partial charge is 0.391 e. The highest BCUT2D eigenvalue weighted by Crippen LogP contribution is 2.26. The Hall–Kier alpha value is -1.18. The third-order valence-corrected chi connectivity index (χ3v) is 3.35. The molecular formula is C10H17N3O4. The molecule has 1 unspecified atom stereocenters. The second-order valence-corrected chi connectivity index (χ2v) is 4.52. The van der Waals surface area contributed by atoms with Gasteiger partial charge in [0.05, 0.1) is 25.9 Å². The Kier molecular flexibility index (Phi) is 3.07. The number of aliphatic hydroxyl groups excluding tert-OH is 1. The van der Waals surface area contributed by atoms with Gasteiger partial charge in [0, 0.05) is 6.54 Å². The van der Waals surface area contributed by atoms with Crippen molar-refractivity contribution in [1.29, 1.82) is 0 Å². The van der Waals surface area contributed by atoms with Gasteiger partial charge in [-0.15, -0.1) is 0 Å². The van der Waals surface area contributed by atoms with Crippen molar-refractivity contribution in [1.82, 2.24) is 10.2 Å². The molecule has 0 saturated carbocycles. The molecule has 0 aromatic rings. The van der Waals surface area contributed by atoms with Crippen LogP contribution in [0, 0.1) is 0 Å². The number of hydrogen-bond donors (Lipinski definition) is 3. The third-order valence-electron chi connectivity index (χ3n) is 3.35. The maximum atomic E-state index is 12.1. The van der Waals surface area contributed by atoms with Crippen LogP contribution < -0.4 is 11.1 Å². The van der Waals surface area contributed by atoms with Crippen LogP contribution in [0.3, 0.4) is 0 Å². The molecule has 3 atom stereocenters. The summed E-state index contributed by atoms with van der Waals surface area (Å²) in [5.41, 5.74) is 4.71. The number of nitrogens with two attached hydrogens (primary N) is 1. The Morgan fingerprint density at radius 3 is 2.88 bits per heavy atom. The second kappa shape index (κ2) is 4.25. The molecule has 0 bridgehead atoms. The Morgan fingerprint density at radius 1 is 1.71 bits per heavy atom. The van der Waals surface area contributed by atoms with Crippen LogP contribution in [0.2, 0.25) is 0 Å². The number of ether oxygens (including phenoxy) is 1. The summed E-state index contributed by atoms with van der Waals surface area (Å²) in [5, 5.41) is 12.0. The predicted octanol–water partition coefficient (Wildman–Crippen LogP) is -2.58. The molecule has 0 aliphatic carbocycles. The Labute approximate surface area is 98.9 Å². The van der Waals surface area contributed by atoms with E-state index in [9.17, 15) is 14.7 Å². The minimum atomic E-state index is -1.00. The Morgan fingerprint density at radius 2 is 2.41 bits per heavy atom. The zero-order chi connectivity index (χ0) is 12.6. The first-order chi connectivity index (χ1) is 7.99. The molecule has 2 amide bonds. The lowest BCUT2D eigenvalue weighted by Crippen LogP contribution is -2.79. The number of carbonyl (C=O) groups is 2. The molecule has 1 spiro atoms. The normalized spacial score (nSPS) is 31.7. The van der Waals surface area contributed by atoms with Crippen molar-refractivity contribution in [2.24, 2.45) is 5.73 Å². The summed E-state index contributed by atoms with van der Waals surface area (Å²) in [5.74, 6) is -0.624. The molecule has 2 saturated heterocycles. The SMILES string of the molecule is C[C@@H](O)[C@H](N)C(=O)N1CCOCC12CNC2=O. The van der Waals surface area contributed by atoms with E-state index < -0.39 is 23.6 Å². The van der Waals surface area contributed by atoms with Gasteiger partial charge >= 0.3 is 0 Å². The average Bonchev–Trinajstić information content (AvgIpc) is 2.34. The van der Waals surface area contributed by atoms with Crippen molar-refractivity contribution < 1.29 is 19.4 Å². The lowest BCUT2D eigenvalue weighted by atomic mass is 9.87. The van der Waals surface area contributed by atoms with Gasteiger partial charge in [0.2, 0.25) is 11.8 Å². The monoisotopic (exact) mass is 243 g/mol. The topological polar surface area (TPSA) is 105 Å². The van der Waals surface area contributed by atoms with Gasteiger partial charge in [0.1, 0.15) is 6.04 Å². The van der Waals surface area contributed by atoms with Gasteiger partial charge in [-0.2, -0.15) is 0 Å².